The number of aliphatic hydroxyl groups excluding tert-OH is 1. The topological polar surface area (TPSA) is 133 Å². The first-order valence-electron chi connectivity index (χ1n) is 15.7. The minimum absolute atomic E-state index is 0.0931. The Hall–Kier alpha value is -4.80. The molecule has 2 N–H and O–H groups in total. The molecule has 0 amide bonds. The van der Waals surface area contributed by atoms with Gasteiger partial charge in [0.2, 0.25) is 0 Å². The summed E-state index contributed by atoms with van der Waals surface area (Å²) in [5, 5.41) is 39.9. The van der Waals surface area contributed by atoms with Crippen LogP contribution in [0.25, 0.3) is 10.9 Å². The summed E-state index contributed by atoms with van der Waals surface area (Å²) < 4.78 is 6.10. The molecule has 6 atom stereocenters. The zero-order chi connectivity index (χ0) is 32.3. The zero-order valence-corrected chi connectivity index (χ0v) is 25.9. The van der Waals surface area contributed by atoms with Crippen molar-refractivity contribution >= 4 is 22.6 Å². The molecule has 2 bridgehead atoms. The summed E-state index contributed by atoms with van der Waals surface area (Å²) >= 11 is 0. The van der Waals surface area contributed by atoms with Crippen LogP contribution < -0.4 is 15.2 Å². The van der Waals surface area contributed by atoms with Crippen LogP contribution in [0.4, 0.5) is 5.69 Å². The van der Waals surface area contributed by atoms with E-state index in [0.717, 1.165) is 48.0 Å². The molecule has 0 radical (unpaired) electrons. The maximum atomic E-state index is 13.9. The maximum Gasteiger partial charge on any atom is 0.278 e. The molecule has 0 saturated carbocycles. The van der Waals surface area contributed by atoms with Gasteiger partial charge >= 0.3 is 0 Å². The van der Waals surface area contributed by atoms with Gasteiger partial charge in [-0.3, -0.25) is 20.1 Å². The fraction of sp³-hybridized carbons (Fsp3) is 0.333. The first-order chi connectivity index (χ1) is 22.4. The van der Waals surface area contributed by atoms with Crippen molar-refractivity contribution in [2.45, 2.75) is 37.5 Å². The molecule has 3 aliphatic heterocycles. The molecule has 0 aliphatic carbocycles. The number of quaternary nitrogens is 1. The molecule has 3 fully saturated rings. The van der Waals surface area contributed by atoms with Crippen LogP contribution in [0, 0.1) is 22.0 Å². The highest BCUT2D eigenvalue weighted by Crippen LogP contribution is 2.49. The summed E-state index contributed by atoms with van der Waals surface area (Å²) in [5.74, 6) is 1.26. The van der Waals surface area contributed by atoms with Gasteiger partial charge in [0, 0.05) is 42.4 Å². The number of pyridine rings is 1. The average molecular weight is 622 g/mol. The van der Waals surface area contributed by atoms with E-state index in [1.165, 1.54) is 0 Å². The lowest BCUT2D eigenvalue weighted by Gasteiger charge is -2.58. The lowest BCUT2D eigenvalue weighted by molar-refractivity contribution is -0.982. The van der Waals surface area contributed by atoms with Gasteiger partial charge in [-0.2, -0.15) is 0 Å². The number of nitro benzene ring substituents is 1. The standard InChI is InChI=1S/C36H39N5O5/c1-3-24-21-41(22-27-11-7-8-12-33(27)40(44)45)18-16-26(24)19-34(41)35(29-15-17-37-31-14-13-28(46-2)20-30(29)31)39-36(43)38-32(23-42)25-9-5-4-6-10-25/h3-15,17,20,24,26,32,34-35,42H,1,16,18-19,21-23H2,2H3,(H-,38,39,43)/t24-,26-,32+,34-,35-,41-/m0/s1. The summed E-state index contributed by atoms with van der Waals surface area (Å²) in [6, 6.07) is 21.9. The predicted molar refractivity (Wildman–Crippen MR) is 175 cm³/mol. The van der Waals surface area contributed by atoms with Crippen LogP contribution in [0.1, 0.15) is 41.6 Å². The minimum atomic E-state index is -0.629. The number of aliphatic hydroxyl groups is 1. The fourth-order valence-corrected chi connectivity index (χ4v) is 7.67. The Morgan fingerprint density at radius 1 is 1.20 bits per heavy atom. The van der Waals surface area contributed by atoms with Crippen LogP contribution in [0.5, 0.6) is 5.75 Å². The highest BCUT2D eigenvalue weighted by molar-refractivity contribution is 5.84. The third-order valence-corrected chi connectivity index (χ3v) is 9.95. The van der Waals surface area contributed by atoms with E-state index in [2.05, 4.69) is 16.9 Å². The summed E-state index contributed by atoms with van der Waals surface area (Å²) in [6.07, 6.45) is 5.48. The number of para-hydroxylation sites is 1. The molecule has 4 heterocycles. The fourth-order valence-electron chi connectivity index (χ4n) is 7.67. The Labute approximate surface area is 268 Å². The van der Waals surface area contributed by atoms with Gasteiger partial charge in [0.1, 0.15) is 24.4 Å². The number of rotatable bonds is 11. The van der Waals surface area contributed by atoms with E-state index in [4.69, 9.17) is 9.73 Å². The molecule has 7 rings (SSSR count). The highest BCUT2D eigenvalue weighted by atomic mass is 16.6. The molecule has 10 heteroatoms. The number of nitrogens with zero attached hydrogens (tertiary/aromatic N) is 4. The first kappa shape index (κ1) is 31.2. The number of nitrogens with one attached hydrogen (secondary N) is 1. The Bertz CT molecular complexity index is 1750. The van der Waals surface area contributed by atoms with Crippen LogP contribution in [0.3, 0.4) is 0 Å². The number of aliphatic imine (C=N–C) groups is 1. The van der Waals surface area contributed by atoms with E-state index >= 15 is 0 Å². The Balaban J connectivity index is 1.50. The number of benzene rings is 3. The van der Waals surface area contributed by atoms with Crippen molar-refractivity contribution in [1.82, 2.24) is 10.3 Å². The van der Waals surface area contributed by atoms with Gasteiger partial charge in [0.05, 0.1) is 48.9 Å². The van der Waals surface area contributed by atoms with Gasteiger partial charge in [0.15, 0.2) is 0 Å². The van der Waals surface area contributed by atoms with Crippen molar-refractivity contribution in [1.29, 1.82) is 0 Å². The molecule has 0 spiro atoms. The predicted octanol–water partition coefficient (Wildman–Crippen LogP) is 4.84. The second kappa shape index (κ2) is 13.3. The molecular weight excluding hydrogens is 582 g/mol. The van der Waals surface area contributed by atoms with Crippen molar-refractivity contribution in [3.63, 3.8) is 0 Å². The molecule has 3 aliphatic rings. The average Bonchev–Trinajstić information content (AvgIpc) is 3.09. The Morgan fingerprint density at radius 3 is 2.72 bits per heavy atom. The molecule has 3 saturated heterocycles. The number of hydrogen-bond acceptors (Lipinski definition) is 7. The molecule has 0 unspecified atom stereocenters. The summed E-state index contributed by atoms with van der Waals surface area (Å²) in [7, 11) is 1.61. The number of aromatic nitrogens is 1. The number of ether oxygens (including phenoxy) is 1. The number of amidine groups is 1. The normalized spacial score (nSPS) is 23.9. The SMILES string of the molecule is C=C[C@H]1C[N@+]2(Cc3ccccc3[N+](=O)[O-])CC[C@H]1C[C@H]2[C@@H](N=C([O-])N[C@H](CO)c1ccccc1)c1ccnc2ccc(OC)cc12. The van der Waals surface area contributed by atoms with Crippen LogP contribution in [-0.4, -0.2) is 58.4 Å². The van der Waals surface area contributed by atoms with Gasteiger partial charge in [0.25, 0.3) is 5.69 Å². The minimum Gasteiger partial charge on any atom is -0.846 e. The third-order valence-electron chi connectivity index (χ3n) is 9.95. The lowest BCUT2D eigenvalue weighted by atomic mass is 9.70. The summed E-state index contributed by atoms with van der Waals surface area (Å²) in [4.78, 5) is 21.3. The number of piperidine rings is 3. The number of nitro groups is 1. The Morgan fingerprint density at radius 2 is 1.98 bits per heavy atom. The smallest absolute Gasteiger partial charge is 0.278 e. The van der Waals surface area contributed by atoms with Crippen LogP contribution in [-0.2, 0) is 6.54 Å². The lowest BCUT2D eigenvalue weighted by Crippen LogP contribution is -2.67. The van der Waals surface area contributed by atoms with E-state index in [-0.39, 0.29) is 29.2 Å². The largest absolute Gasteiger partial charge is 0.846 e. The van der Waals surface area contributed by atoms with Gasteiger partial charge in [-0.1, -0.05) is 48.5 Å². The second-order valence-corrected chi connectivity index (χ2v) is 12.4. The molecule has 3 aromatic carbocycles. The molecule has 46 heavy (non-hydrogen) atoms. The van der Waals surface area contributed by atoms with Crippen LogP contribution in [0.15, 0.2) is 103 Å². The van der Waals surface area contributed by atoms with E-state index in [1.807, 2.05) is 72.8 Å². The van der Waals surface area contributed by atoms with Gasteiger partial charge < -0.3 is 24.7 Å². The van der Waals surface area contributed by atoms with E-state index in [9.17, 15) is 20.3 Å². The van der Waals surface area contributed by atoms with Crippen molar-refractivity contribution < 1.29 is 24.4 Å². The van der Waals surface area contributed by atoms with E-state index < -0.39 is 18.1 Å². The number of methoxy groups -OCH3 is 1. The van der Waals surface area contributed by atoms with Crippen molar-refractivity contribution in [3.05, 3.63) is 125 Å². The van der Waals surface area contributed by atoms with E-state index in [0.29, 0.717) is 28.3 Å². The molecule has 238 valence electrons. The summed E-state index contributed by atoms with van der Waals surface area (Å²) in [5.41, 5.74) is 3.12. The monoisotopic (exact) mass is 621 g/mol. The first-order valence-corrected chi connectivity index (χ1v) is 15.7. The third kappa shape index (κ3) is 6.05. The van der Waals surface area contributed by atoms with Gasteiger partial charge in [-0.15, -0.1) is 6.58 Å². The second-order valence-electron chi connectivity index (χ2n) is 12.4. The number of hydrogen-bond donors (Lipinski definition) is 2. The Kier molecular flexibility index (Phi) is 9.01. The molecule has 4 aromatic rings. The van der Waals surface area contributed by atoms with E-state index in [1.54, 1.807) is 25.4 Å². The van der Waals surface area contributed by atoms with Gasteiger partial charge in [-0.25, -0.2) is 0 Å². The maximum absolute atomic E-state index is 13.9. The van der Waals surface area contributed by atoms with Crippen molar-refractivity contribution in [3.8, 4) is 5.75 Å². The molecule has 10 nitrogen and oxygen atoms in total. The molecular formula is C36H39N5O5. The van der Waals surface area contributed by atoms with Crippen LogP contribution in [0.2, 0.25) is 0 Å². The number of fused-ring (bicyclic) bond motifs is 4. The molecule has 1 aromatic heterocycles. The van der Waals surface area contributed by atoms with Crippen LogP contribution >= 0.6 is 0 Å². The zero-order valence-electron chi connectivity index (χ0n) is 25.9. The highest BCUT2D eigenvalue weighted by Gasteiger charge is 2.54. The van der Waals surface area contributed by atoms with Gasteiger partial charge in [-0.05, 0) is 47.4 Å². The van der Waals surface area contributed by atoms with Crippen molar-refractivity contribution in [2.75, 3.05) is 26.8 Å². The quantitative estimate of drug-likeness (QED) is 0.0611. The van der Waals surface area contributed by atoms with Crippen molar-refractivity contribution in [2.24, 2.45) is 16.8 Å². The summed E-state index contributed by atoms with van der Waals surface area (Å²) in [6.45, 7) is 5.84.